The third-order valence-electron chi connectivity index (χ3n) is 5.00. The van der Waals surface area contributed by atoms with Gasteiger partial charge in [0.15, 0.2) is 0 Å². The largest absolute Gasteiger partial charge is 0.508 e. The quantitative estimate of drug-likeness (QED) is 0.737. The molecule has 2 aliphatic heterocycles. The lowest BCUT2D eigenvalue weighted by atomic mass is 9.80. The van der Waals surface area contributed by atoms with E-state index in [-0.39, 0.29) is 12.1 Å². The number of hydrogen-bond donors (Lipinski definition) is 2. The van der Waals surface area contributed by atoms with Gasteiger partial charge in [-0.1, -0.05) is 33.6 Å². The minimum atomic E-state index is 0.129. The van der Waals surface area contributed by atoms with Crippen LogP contribution in [0.1, 0.15) is 40.8 Å². The molecule has 0 bridgehead atoms. The van der Waals surface area contributed by atoms with Gasteiger partial charge in [0.2, 0.25) is 0 Å². The average molecular weight is 374 g/mol. The summed E-state index contributed by atoms with van der Waals surface area (Å²) < 4.78 is 7.12. The van der Waals surface area contributed by atoms with E-state index in [1.54, 1.807) is 6.07 Å². The number of halogens is 1. The first-order chi connectivity index (χ1) is 11.0. The molecule has 0 radical (unpaired) electrons. The molecule has 2 heterocycles. The number of phenols is 1. The van der Waals surface area contributed by atoms with E-state index < -0.39 is 0 Å². The number of ether oxygens (including phenoxy) is 1. The van der Waals surface area contributed by atoms with Gasteiger partial charge >= 0.3 is 0 Å². The molecule has 3 nitrogen and oxygen atoms in total. The lowest BCUT2D eigenvalue weighted by molar-refractivity contribution is 0.0827. The van der Waals surface area contributed by atoms with Gasteiger partial charge in [-0.2, -0.15) is 0 Å². The Hall–Kier alpha value is -1.52. The Morgan fingerprint density at radius 1 is 1.17 bits per heavy atom. The molecule has 4 rings (SSSR count). The van der Waals surface area contributed by atoms with Crippen LogP contribution in [-0.2, 0) is 4.74 Å². The zero-order chi connectivity index (χ0) is 16.1. The minimum Gasteiger partial charge on any atom is -0.508 e. The van der Waals surface area contributed by atoms with E-state index in [0.29, 0.717) is 11.7 Å². The fourth-order valence-corrected chi connectivity index (χ4v) is 4.52. The molecule has 0 spiro atoms. The molecule has 2 aromatic carbocycles. The summed E-state index contributed by atoms with van der Waals surface area (Å²) in [6, 6.07) is 10.1. The van der Waals surface area contributed by atoms with Crippen molar-refractivity contribution in [3.8, 4) is 5.75 Å². The second-order valence-electron chi connectivity index (χ2n) is 6.62. The van der Waals surface area contributed by atoms with Crippen LogP contribution in [0.4, 0.5) is 5.69 Å². The number of phenolic OH excluding ortho intramolecular Hbond substituents is 1. The van der Waals surface area contributed by atoms with E-state index in [9.17, 15) is 5.11 Å². The van der Waals surface area contributed by atoms with Gasteiger partial charge in [0.05, 0.1) is 12.1 Å². The van der Waals surface area contributed by atoms with Gasteiger partial charge in [0.1, 0.15) is 5.75 Å². The third-order valence-corrected chi connectivity index (χ3v) is 5.72. The smallest absolute Gasteiger partial charge is 0.116 e. The molecule has 1 saturated heterocycles. The third kappa shape index (κ3) is 2.45. The second-order valence-corrected chi connectivity index (χ2v) is 7.47. The highest BCUT2D eigenvalue weighted by molar-refractivity contribution is 9.10. The van der Waals surface area contributed by atoms with Crippen molar-refractivity contribution >= 4 is 21.6 Å². The normalized spacial score (nSPS) is 25.6. The zero-order valence-electron chi connectivity index (χ0n) is 13.3. The summed E-state index contributed by atoms with van der Waals surface area (Å²) in [7, 11) is 0. The molecule has 0 unspecified atom stereocenters. The average Bonchev–Trinajstić information content (AvgIpc) is 2.99. The summed E-state index contributed by atoms with van der Waals surface area (Å²) in [5.74, 6) is 0.675. The molecule has 4 heteroatoms. The summed E-state index contributed by atoms with van der Waals surface area (Å²) in [6.07, 6.45) is 1.15. The summed E-state index contributed by atoms with van der Waals surface area (Å²) >= 11 is 3.64. The van der Waals surface area contributed by atoms with Crippen LogP contribution in [0.25, 0.3) is 0 Å². The van der Waals surface area contributed by atoms with E-state index in [4.69, 9.17) is 4.74 Å². The maximum Gasteiger partial charge on any atom is 0.116 e. The Morgan fingerprint density at radius 2 is 2.00 bits per heavy atom. The maximum atomic E-state index is 9.92. The highest BCUT2D eigenvalue weighted by Gasteiger charge is 2.42. The van der Waals surface area contributed by atoms with Gasteiger partial charge in [0.25, 0.3) is 0 Å². The summed E-state index contributed by atoms with van der Waals surface area (Å²) in [5, 5.41) is 13.6. The Labute approximate surface area is 144 Å². The Morgan fingerprint density at radius 3 is 2.83 bits per heavy atom. The first kappa shape index (κ1) is 15.0. The van der Waals surface area contributed by atoms with Gasteiger partial charge in [-0.25, -0.2) is 0 Å². The lowest BCUT2D eigenvalue weighted by Gasteiger charge is -2.38. The second kappa shape index (κ2) is 5.53. The van der Waals surface area contributed by atoms with Crippen LogP contribution in [0, 0.1) is 19.8 Å². The van der Waals surface area contributed by atoms with Crippen molar-refractivity contribution in [2.45, 2.75) is 32.4 Å². The fourth-order valence-electron chi connectivity index (χ4n) is 4.03. The summed E-state index contributed by atoms with van der Waals surface area (Å²) in [6.45, 7) is 5.06. The van der Waals surface area contributed by atoms with Crippen LogP contribution < -0.4 is 5.32 Å². The molecular formula is C19H20BrNO2. The maximum absolute atomic E-state index is 9.92. The molecule has 0 amide bonds. The molecule has 0 saturated carbocycles. The monoisotopic (exact) mass is 373 g/mol. The predicted molar refractivity (Wildman–Crippen MR) is 94.9 cm³/mol. The van der Waals surface area contributed by atoms with Crippen LogP contribution in [0.5, 0.6) is 5.75 Å². The Balaban J connectivity index is 1.85. The number of fused-ring (bicyclic) bond motifs is 3. The topological polar surface area (TPSA) is 41.5 Å². The van der Waals surface area contributed by atoms with Crippen molar-refractivity contribution in [2.24, 2.45) is 5.92 Å². The first-order valence-electron chi connectivity index (χ1n) is 8.02. The van der Waals surface area contributed by atoms with Gasteiger partial charge in [-0.3, -0.25) is 0 Å². The molecule has 2 N–H and O–H groups in total. The van der Waals surface area contributed by atoms with E-state index in [0.717, 1.165) is 23.1 Å². The van der Waals surface area contributed by atoms with E-state index in [1.807, 2.05) is 12.1 Å². The standard InChI is InChI=1S/C19H20BrNO2/c1-10-7-11(2)17-15(8-10)19-13(5-6-23-19)18(21-17)14-9-12(22)3-4-16(14)20/h3-4,7-9,13,18-19,21-22H,5-6H2,1-2H3/t13-,18+,19-/m0/s1. The molecule has 2 aliphatic rings. The first-order valence-corrected chi connectivity index (χ1v) is 8.81. The van der Waals surface area contributed by atoms with Crippen molar-refractivity contribution in [1.82, 2.24) is 0 Å². The number of hydrogen-bond acceptors (Lipinski definition) is 3. The van der Waals surface area contributed by atoms with Crippen LogP contribution in [0.2, 0.25) is 0 Å². The van der Waals surface area contributed by atoms with Crippen molar-refractivity contribution in [1.29, 1.82) is 0 Å². The van der Waals surface area contributed by atoms with Crippen molar-refractivity contribution in [3.63, 3.8) is 0 Å². The molecule has 2 aromatic rings. The lowest BCUT2D eigenvalue weighted by Crippen LogP contribution is -2.30. The minimum absolute atomic E-state index is 0.129. The SMILES string of the molecule is Cc1cc(C)c2c(c1)[C@H]1OCC[C@H]1[C@H](c1cc(O)ccc1Br)N2. The number of rotatable bonds is 1. The highest BCUT2D eigenvalue weighted by Crippen LogP contribution is 2.52. The van der Waals surface area contributed by atoms with Gasteiger partial charge in [-0.05, 0) is 49.6 Å². The molecule has 0 aliphatic carbocycles. The highest BCUT2D eigenvalue weighted by atomic mass is 79.9. The van der Waals surface area contributed by atoms with Gasteiger partial charge < -0.3 is 15.2 Å². The number of aromatic hydroxyl groups is 1. The molecule has 0 aromatic heterocycles. The van der Waals surface area contributed by atoms with Crippen LogP contribution in [0.15, 0.2) is 34.8 Å². The van der Waals surface area contributed by atoms with E-state index in [1.165, 1.54) is 22.4 Å². The molecular weight excluding hydrogens is 354 g/mol. The number of nitrogens with one attached hydrogen (secondary N) is 1. The van der Waals surface area contributed by atoms with Crippen molar-refractivity contribution in [3.05, 3.63) is 57.1 Å². The van der Waals surface area contributed by atoms with Crippen molar-refractivity contribution in [2.75, 3.05) is 11.9 Å². The van der Waals surface area contributed by atoms with Crippen molar-refractivity contribution < 1.29 is 9.84 Å². The van der Waals surface area contributed by atoms with Crippen LogP contribution >= 0.6 is 15.9 Å². The fraction of sp³-hybridized carbons (Fsp3) is 0.368. The molecule has 1 fully saturated rings. The number of aryl methyl sites for hydroxylation is 2. The summed E-state index contributed by atoms with van der Waals surface area (Å²) in [5.41, 5.74) is 6.07. The van der Waals surface area contributed by atoms with Crippen LogP contribution in [-0.4, -0.2) is 11.7 Å². The number of benzene rings is 2. The summed E-state index contributed by atoms with van der Waals surface area (Å²) in [4.78, 5) is 0. The zero-order valence-corrected chi connectivity index (χ0v) is 14.9. The molecule has 120 valence electrons. The Bertz CT molecular complexity index is 774. The molecule has 23 heavy (non-hydrogen) atoms. The van der Waals surface area contributed by atoms with Gasteiger partial charge in [-0.15, -0.1) is 0 Å². The molecule has 3 atom stereocenters. The predicted octanol–water partition coefficient (Wildman–Crippen LogP) is 5.02. The van der Waals surface area contributed by atoms with E-state index in [2.05, 4.69) is 47.2 Å². The van der Waals surface area contributed by atoms with E-state index >= 15 is 0 Å². The van der Waals surface area contributed by atoms with Crippen LogP contribution in [0.3, 0.4) is 0 Å². The Kier molecular flexibility index (Phi) is 3.62. The number of anilines is 1. The van der Waals surface area contributed by atoms with Gasteiger partial charge in [0, 0.05) is 28.2 Å².